The summed E-state index contributed by atoms with van der Waals surface area (Å²) in [5.74, 6) is 0.833. The Hall–Kier alpha value is -0.410. The van der Waals surface area contributed by atoms with E-state index in [1.54, 1.807) is 0 Å². The van der Waals surface area contributed by atoms with Crippen LogP contribution >= 0.6 is 15.9 Å². The average molecular weight is 267 g/mol. The Labute approximate surface area is 98.6 Å². The first-order valence-corrected chi connectivity index (χ1v) is 6.46. The van der Waals surface area contributed by atoms with E-state index in [1.165, 1.54) is 31.2 Å². The molecular formula is C12H15BrN2. The van der Waals surface area contributed by atoms with E-state index < -0.39 is 0 Å². The van der Waals surface area contributed by atoms with Gasteiger partial charge < -0.3 is 5.32 Å². The second-order valence-electron chi connectivity index (χ2n) is 4.76. The predicted octanol–water partition coefficient (Wildman–Crippen LogP) is 2.53. The minimum absolute atomic E-state index is 0.772. The van der Waals surface area contributed by atoms with Crippen LogP contribution in [0.25, 0.3) is 0 Å². The molecule has 2 fully saturated rings. The minimum atomic E-state index is 0.772. The number of nitrogens with zero attached hydrogens (tertiary/aromatic N) is 1. The maximum absolute atomic E-state index is 4.22. The Morgan fingerprint density at radius 2 is 2.33 bits per heavy atom. The molecule has 15 heavy (non-hydrogen) atoms. The Morgan fingerprint density at radius 1 is 1.40 bits per heavy atom. The van der Waals surface area contributed by atoms with Gasteiger partial charge in [0.15, 0.2) is 0 Å². The van der Waals surface area contributed by atoms with E-state index in [9.17, 15) is 0 Å². The summed E-state index contributed by atoms with van der Waals surface area (Å²) in [5.41, 5.74) is 1.36. The molecule has 3 heteroatoms. The van der Waals surface area contributed by atoms with Crippen molar-refractivity contribution in [2.24, 2.45) is 5.92 Å². The third kappa shape index (κ3) is 1.95. The van der Waals surface area contributed by atoms with Crippen molar-refractivity contribution >= 4 is 15.9 Å². The van der Waals surface area contributed by atoms with E-state index >= 15 is 0 Å². The number of halogens is 1. The maximum atomic E-state index is 4.22. The molecule has 0 saturated carbocycles. The van der Waals surface area contributed by atoms with E-state index in [1.807, 2.05) is 12.4 Å². The molecule has 2 bridgehead atoms. The number of hydrogen-bond donors (Lipinski definition) is 1. The van der Waals surface area contributed by atoms with Gasteiger partial charge in [-0.25, -0.2) is 0 Å². The van der Waals surface area contributed by atoms with Crippen molar-refractivity contribution in [3.63, 3.8) is 0 Å². The van der Waals surface area contributed by atoms with Crippen LogP contribution < -0.4 is 5.32 Å². The van der Waals surface area contributed by atoms with Gasteiger partial charge in [-0.05, 0) is 59.2 Å². The Morgan fingerprint density at radius 3 is 3.00 bits per heavy atom. The predicted molar refractivity (Wildman–Crippen MR) is 63.7 cm³/mol. The zero-order valence-corrected chi connectivity index (χ0v) is 10.2. The maximum Gasteiger partial charge on any atom is 0.0410 e. The zero-order valence-electron chi connectivity index (χ0n) is 8.62. The third-order valence-electron chi connectivity index (χ3n) is 3.69. The Balaban J connectivity index is 1.71. The van der Waals surface area contributed by atoms with E-state index in [4.69, 9.17) is 0 Å². The molecule has 0 aromatic carbocycles. The van der Waals surface area contributed by atoms with Gasteiger partial charge in [-0.3, -0.25) is 4.98 Å². The van der Waals surface area contributed by atoms with Crippen LogP contribution in [-0.4, -0.2) is 17.1 Å². The van der Waals surface area contributed by atoms with Gasteiger partial charge in [0.25, 0.3) is 0 Å². The highest BCUT2D eigenvalue weighted by Gasteiger charge is 2.38. The molecular weight excluding hydrogens is 252 g/mol. The van der Waals surface area contributed by atoms with Crippen molar-refractivity contribution < 1.29 is 0 Å². The second kappa shape index (κ2) is 3.87. The van der Waals surface area contributed by atoms with Crippen molar-refractivity contribution in [3.8, 4) is 0 Å². The summed E-state index contributed by atoms with van der Waals surface area (Å²) in [7, 11) is 0. The van der Waals surface area contributed by atoms with Gasteiger partial charge in [0.2, 0.25) is 0 Å². The van der Waals surface area contributed by atoms with Crippen molar-refractivity contribution in [2.45, 2.75) is 37.8 Å². The molecule has 1 N–H and O–H groups in total. The van der Waals surface area contributed by atoms with E-state index in [2.05, 4.69) is 32.3 Å². The smallest absolute Gasteiger partial charge is 0.0410 e. The Bertz CT molecular complexity index is 366. The topological polar surface area (TPSA) is 24.9 Å². The molecule has 0 spiro atoms. The fraction of sp³-hybridized carbons (Fsp3) is 0.583. The normalized spacial score (nSPS) is 33.5. The van der Waals surface area contributed by atoms with Crippen LogP contribution in [-0.2, 0) is 6.42 Å². The first kappa shape index (κ1) is 9.79. The first-order valence-electron chi connectivity index (χ1n) is 5.67. The zero-order chi connectivity index (χ0) is 10.3. The van der Waals surface area contributed by atoms with Gasteiger partial charge in [-0.2, -0.15) is 0 Å². The lowest BCUT2D eigenvalue weighted by Crippen LogP contribution is -2.24. The average Bonchev–Trinajstić information content (AvgIpc) is 2.79. The summed E-state index contributed by atoms with van der Waals surface area (Å²) in [6.07, 6.45) is 9.14. The number of fused-ring (bicyclic) bond motifs is 2. The largest absolute Gasteiger partial charge is 0.311 e. The highest BCUT2D eigenvalue weighted by Crippen LogP contribution is 2.35. The molecule has 3 atom stereocenters. The number of rotatable bonds is 2. The van der Waals surface area contributed by atoms with Crippen molar-refractivity contribution in [1.29, 1.82) is 0 Å². The van der Waals surface area contributed by atoms with Crippen LogP contribution in [0.5, 0.6) is 0 Å². The van der Waals surface area contributed by atoms with E-state index in [-0.39, 0.29) is 0 Å². The molecule has 1 aromatic rings. The molecule has 0 amide bonds. The number of nitrogens with one attached hydrogen (secondary N) is 1. The molecule has 2 aliphatic heterocycles. The summed E-state index contributed by atoms with van der Waals surface area (Å²) in [6, 6.07) is 3.77. The number of aromatic nitrogens is 1. The van der Waals surface area contributed by atoms with Gasteiger partial charge in [-0.15, -0.1) is 0 Å². The summed E-state index contributed by atoms with van der Waals surface area (Å²) < 4.78 is 1.09. The van der Waals surface area contributed by atoms with Gasteiger partial charge >= 0.3 is 0 Å². The van der Waals surface area contributed by atoms with Crippen LogP contribution in [0.4, 0.5) is 0 Å². The van der Waals surface area contributed by atoms with Crippen molar-refractivity contribution in [2.75, 3.05) is 0 Å². The SMILES string of the molecule is Brc1cncc(CC2CC3CCC2N3)c1. The summed E-state index contributed by atoms with van der Waals surface area (Å²) in [5, 5.41) is 3.68. The fourth-order valence-corrected chi connectivity index (χ4v) is 3.45. The highest BCUT2D eigenvalue weighted by atomic mass is 79.9. The number of pyridine rings is 1. The Kier molecular flexibility index (Phi) is 2.53. The van der Waals surface area contributed by atoms with Crippen LogP contribution in [0.2, 0.25) is 0 Å². The summed E-state index contributed by atoms with van der Waals surface area (Å²) in [6.45, 7) is 0. The second-order valence-corrected chi connectivity index (χ2v) is 5.67. The minimum Gasteiger partial charge on any atom is -0.311 e. The van der Waals surface area contributed by atoms with Crippen LogP contribution in [0.15, 0.2) is 22.9 Å². The molecule has 80 valence electrons. The van der Waals surface area contributed by atoms with Crippen molar-refractivity contribution in [3.05, 3.63) is 28.5 Å². The van der Waals surface area contributed by atoms with E-state index in [0.29, 0.717) is 0 Å². The molecule has 3 heterocycles. The lowest BCUT2D eigenvalue weighted by molar-refractivity contribution is 0.404. The molecule has 1 aromatic heterocycles. The summed E-state index contributed by atoms with van der Waals surface area (Å²) >= 11 is 3.47. The molecule has 2 aliphatic rings. The lowest BCUT2D eigenvalue weighted by Gasteiger charge is -2.19. The molecule has 2 saturated heterocycles. The molecule has 3 rings (SSSR count). The summed E-state index contributed by atoms with van der Waals surface area (Å²) in [4.78, 5) is 4.22. The van der Waals surface area contributed by atoms with Gasteiger partial charge in [0, 0.05) is 29.0 Å². The molecule has 3 unspecified atom stereocenters. The van der Waals surface area contributed by atoms with Crippen molar-refractivity contribution in [1.82, 2.24) is 10.3 Å². The van der Waals surface area contributed by atoms with Gasteiger partial charge in [0.1, 0.15) is 0 Å². The van der Waals surface area contributed by atoms with Crippen LogP contribution in [0.3, 0.4) is 0 Å². The number of hydrogen-bond acceptors (Lipinski definition) is 2. The lowest BCUT2D eigenvalue weighted by atomic mass is 9.85. The van der Waals surface area contributed by atoms with Crippen LogP contribution in [0.1, 0.15) is 24.8 Å². The van der Waals surface area contributed by atoms with Gasteiger partial charge in [0.05, 0.1) is 0 Å². The third-order valence-corrected chi connectivity index (χ3v) is 4.13. The highest BCUT2D eigenvalue weighted by molar-refractivity contribution is 9.10. The van der Waals surface area contributed by atoms with E-state index in [0.717, 1.165) is 22.5 Å². The quantitative estimate of drug-likeness (QED) is 0.890. The molecule has 0 aliphatic carbocycles. The monoisotopic (exact) mass is 266 g/mol. The molecule has 2 nitrogen and oxygen atoms in total. The first-order chi connectivity index (χ1) is 7.31. The van der Waals surface area contributed by atoms with Gasteiger partial charge in [-0.1, -0.05) is 0 Å². The fourth-order valence-electron chi connectivity index (χ4n) is 3.03. The van der Waals surface area contributed by atoms with Crippen LogP contribution in [0, 0.1) is 5.92 Å². The standard InChI is InChI=1S/C12H15BrN2/c13-10-4-8(6-14-7-10)3-9-5-11-1-2-12(9)15-11/h4,6-7,9,11-12,15H,1-3,5H2. The molecule has 0 radical (unpaired) electrons.